The highest BCUT2D eigenvalue weighted by Crippen LogP contribution is 2.24. The van der Waals surface area contributed by atoms with Crippen LogP contribution < -0.4 is 0 Å². The molecule has 0 atom stereocenters. The number of aryl methyl sites for hydroxylation is 2. The second-order valence-corrected chi connectivity index (χ2v) is 6.21. The van der Waals surface area contributed by atoms with Crippen molar-refractivity contribution in [2.45, 2.75) is 13.8 Å². The monoisotopic (exact) mass is 344 g/mol. The predicted molar refractivity (Wildman–Crippen MR) is 98.1 cm³/mol. The lowest BCUT2D eigenvalue weighted by atomic mass is 10.0. The number of aromatic nitrogens is 4. The Morgan fingerprint density at radius 2 is 1.73 bits per heavy atom. The lowest BCUT2D eigenvalue weighted by Gasteiger charge is -2.07. The maximum atomic E-state index is 11.1. The molecule has 26 heavy (non-hydrogen) atoms. The summed E-state index contributed by atoms with van der Waals surface area (Å²) < 4.78 is 1.71. The number of rotatable bonds is 3. The lowest BCUT2D eigenvalue weighted by Crippen LogP contribution is -2.00. The Kier molecular flexibility index (Phi) is 3.73. The van der Waals surface area contributed by atoms with E-state index in [1.54, 1.807) is 22.7 Å². The maximum absolute atomic E-state index is 11.1. The van der Waals surface area contributed by atoms with Gasteiger partial charge in [0.25, 0.3) is 0 Å². The van der Waals surface area contributed by atoms with Crippen molar-refractivity contribution in [1.29, 1.82) is 0 Å². The van der Waals surface area contributed by atoms with Gasteiger partial charge in [0.05, 0.1) is 11.3 Å². The fourth-order valence-electron chi connectivity index (χ4n) is 2.90. The predicted octanol–water partition coefficient (Wildman–Crippen LogP) is 3.77. The molecule has 0 fully saturated rings. The second-order valence-electron chi connectivity index (χ2n) is 6.21. The summed E-state index contributed by atoms with van der Waals surface area (Å²) in [7, 11) is 0. The topological polar surface area (TPSA) is 80.4 Å². The van der Waals surface area contributed by atoms with Crippen LogP contribution >= 0.6 is 0 Å². The Morgan fingerprint density at radius 3 is 2.42 bits per heavy atom. The molecule has 0 amide bonds. The molecular weight excluding hydrogens is 328 g/mol. The minimum absolute atomic E-state index is 0.261. The summed E-state index contributed by atoms with van der Waals surface area (Å²) in [5.41, 5.74) is 5.49. The van der Waals surface area contributed by atoms with E-state index < -0.39 is 5.97 Å². The molecule has 0 spiro atoms. The zero-order valence-corrected chi connectivity index (χ0v) is 14.3. The average molecular weight is 344 g/mol. The molecule has 6 nitrogen and oxygen atoms in total. The Labute approximate surface area is 149 Å². The third kappa shape index (κ3) is 2.71. The smallest absolute Gasteiger partial charge is 0.335 e. The van der Waals surface area contributed by atoms with Gasteiger partial charge >= 0.3 is 5.97 Å². The first-order valence-electron chi connectivity index (χ1n) is 8.17. The van der Waals surface area contributed by atoms with Gasteiger partial charge in [0.15, 0.2) is 11.5 Å². The van der Waals surface area contributed by atoms with E-state index in [0.717, 1.165) is 22.4 Å². The van der Waals surface area contributed by atoms with Crippen LogP contribution in [0.2, 0.25) is 0 Å². The van der Waals surface area contributed by atoms with Gasteiger partial charge in [-0.3, -0.25) is 0 Å². The molecule has 0 saturated carbocycles. The summed E-state index contributed by atoms with van der Waals surface area (Å²) in [6, 6.07) is 16.8. The van der Waals surface area contributed by atoms with Crippen LogP contribution in [0, 0.1) is 13.8 Å². The number of fused-ring (bicyclic) bond motifs is 1. The van der Waals surface area contributed by atoms with E-state index in [2.05, 4.69) is 15.3 Å². The normalized spacial score (nSPS) is 11.0. The third-order valence-corrected chi connectivity index (χ3v) is 4.32. The SMILES string of the molecule is Cc1ccc(-c2nnc3ccc(-c4ccc(C(=O)O)cc4C)nn23)cc1. The van der Waals surface area contributed by atoms with Gasteiger partial charge in [0.2, 0.25) is 0 Å². The molecule has 4 rings (SSSR count). The summed E-state index contributed by atoms with van der Waals surface area (Å²) >= 11 is 0. The summed E-state index contributed by atoms with van der Waals surface area (Å²) in [5.74, 6) is -0.273. The largest absolute Gasteiger partial charge is 0.478 e. The number of carboxylic acid groups (broad SMARTS) is 1. The van der Waals surface area contributed by atoms with Gasteiger partial charge in [-0.25, -0.2) is 4.79 Å². The fraction of sp³-hybridized carbons (Fsp3) is 0.100. The Balaban J connectivity index is 1.84. The van der Waals surface area contributed by atoms with Crippen LogP contribution in [0.1, 0.15) is 21.5 Å². The third-order valence-electron chi connectivity index (χ3n) is 4.32. The second kappa shape index (κ2) is 6.07. The highest BCUT2D eigenvalue weighted by Gasteiger charge is 2.13. The molecule has 0 unspecified atom stereocenters. The number of nitrogens with zero attached hydrogens (tertiary/aromatic N) is 4. The van der Waals surface area contributed by atoms with Crippen LogP contribution in [0.15, 0.2) is 54.6 Å². The van der Waals surface area contributed by atoms with Gasteiger partial charge in [-0.15, -0.1) is 10.2 Å². The first-order valence-corrected chi connectivity index (χ1v) is 8.17. The molecule has 0 radical (unpaired) electrons. The van der Waals surface area contributed by atoms with Gasteiger partial charge in [0, 0.05) is 11.1 Å². The fourth-order valence-corrected chi connectivity index (χ4v) is 2.90. The van der Waals surface area contributed by atoms with E-state index >= 15 is 0 Å². The first kappa shape index (κ1) is 16.0. The molecule has 2 heterocycles. The van der Waals surface area contributed by atoms with Gasteiger partial charge in [0.1, 0.15) is 0 Å². The number of hydrogen-bond donors (Lipinski definition) is 1. The van der Waals surface area contributed by atoms with Crippen LogP contribution in [0.25, 0.3) is 28.3 Å². The summed E-state index contributed by atoms with van der Waals surface area (Å²) in [6.45, 7) is 3.91. The molecule has 0 bridgehead atoms. The Hall–Kier alpha value is -3.54. The van der Waals surface area contributed by atoms with Crippen molar-refractivity contribution < 1.29 is 9.90 Å². The van der Waals surface area contributed by atoms with E-state index in [-0.39, 0.29) is 5.56 Å². The zero-order chi connectivity index (χ0) is 18.3. The van der Waals surface area contributed by atoms with Crippen LogP contribution in [0.3, 0.4) is 0 Å². The molecule has 0 aliphatic rings. The standard InChI is InChI=1S/C20H16N4O2/c1-12-3-5-14(6-4-12)19-22-21-18-10-9-17(23-24(18)19)16-8-7-15(20(25)26)11-13(16)2/h3-11H,1-2H3,(H,25,26). The summed E-state index contributed by atoms with van der Waals surface area (Å²) in [5, 5.41) is 22.3. The number of carbonyl (C=O) groups is 1. The number of aromatic carboxylic acids is 1. The Bertz CT molecular complexity index is 1130. The van der Waals surface area contributed by atoms with Crippen LogP contribution in [-0.4, -0.2) is 30.9 Å². The van der Waals surface area contributed by atoms with E-state index in [1.807, 2.05) is 50.2 Å². The Morgan fingerprint density at radius 1 is 0.962 bits per heavy atom. The lowest BCUT2D eigenvalue weighted by molar-refractivity contribution is 0.0697. The molecule has 1 N–H and O–H groups in total. The van der Waals surface area contributed by atoms with Gasteiger partial charge in [-0.2, -0.15) is 9.61 Å². The van der Waals surface area contributed by atoms with E-state index in [0.29, 0.717) is 11.5 Å². The van der Waals surface area contributed by atoms with Crippen molar-refractivity contribution in [2.75, 3.05) is 0 Å². The molecule has 128 valence electrons. The number of hydrogen-bond acceptors (Lipinski definition) is 4. The van der Waals surface area contributed by atoms with Gasteiger partial charge < -0.3 is 5.11 Å². The molecule has 4 aromatic rings. The van der Waals surface area contributed by atoms with Crippen molar-refractivity contribution in [3.8, 4) is 22.6 Å². The van der Waals surface area contributed by atoms with Crippen LogP contribution in [0.4, 0.5) is 0 Å². The number of carboxylic acids is 1. The molecule has 0 aliphatic carbocycles. The minimum atomic E-state index is -0.941. The van der Waals surface area contributed by atoms with Crippen molar-refractivity contribution >= 4 is 11.6 Å². The average Bonchev–Trinajstić information content (AvgIpc) is 3.05. The highest BCUT2D eigenvalue weighted by atomic mass is 16.4. The molecular formula is C20H16N4O2. The van der Waals surface area contributed by atoms with Crippen molar-refractivity contribution in [3.05, 3.63) is 71.3 Å². The maximum Gasteiger partial charge on any atom is 0.335 e. The summed E-state index contributed by atoms with van der Waals surface area (Å²) in [4.78, 5) is 11.1. The molecule has 0 saturated heterocycles. The molecule has 6 heteroatoms. The van der Waals surface area contributed by atoms with Gasteiger partial charge in [-0.1, -0.05) is 35.9 Å². The van der Waals surface area contributed by atoms with E-state index in [9.17, 15) is 4.79 Å². The van der Waals surface area contributed by atoms with Crippen molar-refractivity contribution in [1.82, 2.24) is 19.8 Å². The van der Waals surface area contributed by atoms with Gasteiger partial charge in [-0.05, 0) is 43.7 Å². The summed E-state index contributed by atoms with van der Waals surface area (Å²) in [6.07, 6.45) is 0. The zero-order valence-electron chi connectivity index (χ0n) is 14.3. The molecule has 0 aliphatic heterocycles. The highest BCUT2D eigenvalue weighted by molar-refractivity contribution is 5.88. The van der Waals surface area contributed by atoms with Crippen LogP contribution in [-0.2, 0) is 0 Å². The minimum Gasteiger partial charge on any atom is -0.478 e. The van der Waals surface area contributed by atoms with Crippen molar-refractivity contribution in [3.63, 3.8) is 0 Å². The van der Waals surface area contributed by atoms with E-state index in [4.69, 9.17) is 5.11 Å². The first-order chi connectivity index (χ1) is 12.5. The molecule has 2 aromatic heterocycles. The van der Waals surface area contributed by atoms with E-state index in [1.165, 1.54) is 5.56 Å². The quantitative estimate of drug-likeness (QED) is 0.612. The van der Waals surface area contributed by atoms with Crippen molar-refractivity contribution in [2.24, 2.45) is 0 Å². The molecule has 2 aromatic carbocycles. The number of benzene rings is 2. The van der Waals surface area contributed by atoms with Crippen LogP contribution in [0.5, 0.6) is 0 Å².